The normalized spacial score (nSPS) is 10.4. The Kier molecular flexibility index (Phi) is 1.93. The fourth-order valence-electron chi connectivity index (χ4n) is 1.56. The molecule has 1 aromatic heterocycles. The first-order chi connectivity index (χ1) is 6.70. The van der Waals surface area contributed by atoms with Crippen LogP contribution in [0.2, 0.25) is 0 Å². The van der Waals surface area contributed by atoms with Crippen LogP contribution in [0.3, 0.4) is 0 Å². The number of carbonyl (C=O) groups excluding carboxylic acids is 1. The van der Waals surface area contributed by atoms with Crippen molar-refractivity contribution in [1.29, 1.82) is 0 Å². The highest BCUT2D eigenvalue weighted by Gasteiger charge is 2.07. The minimum atomic E-state index is 0.0218. The summed E-state index contributed by atoms with van der Waals surface area (Å²) in [6.45, 7) is 1.54. The van der Waals surface area contributed by atoms with Crippen molar-refractivity contribution in [2.45, 2.75) is 6.92 Å². The zero-order valence-corrected chi connectivity index (χ0v) is 7.82. The van der Waals surface area contributed by atoms with Crippen LogP contribution in [0.4, 0.5) is 5.69 Å². The van der Waals surface area contributed by atoms with Gasteiger partial charge in [-0.2, -0.15) is 0 Å². The maximum Gasteiger partial charge on any atom is 0.160 e. The zero-order valence-electron chi connectivity index (χ0n) is 7.82. The van der Waals surface area contributed by atoms with Gasteiger partial charge in [0.2, 0.25) is 0 Å². The number of nitrogen functional groups attached to an aromatic ring is 1. The van der Waals surface area contributed by atoms with Crippen LogP contribution in [0.25, 0.3) is 10.8 Å². The first-order valence-electron chi connectivity index (χ1n) is 4.33. The fourth-order valence-corrected chi connectivity index (χ4v) is 1.56. The van der Waals surface area contributed by atoms with E-state index in [0.717, 1.165) is 10.8 Å². The number of hydrogen-bond donors (Lipinski definition) is 1. The molecule has 0 saturated carbocycles. The monoisotopic (exact) mass is 186 g/mol. The van der Waals surface area contributed by atoms with E-state index in [0.29, 0.717) is 11.3 Å². The lowest BCUT2D eigenvalue weighted by molar-refractivity contribution is 0.101. The van der Waals surface area contributed by atoms with E-state index in [4.69, 9.17) is 5.73 Å². The summed E-state index contributed by atoms with van der Waals surface area (Å²) in [6.07, 6.45) is 3.27. The molecular weight excluding hydrogens is 176 g/mol. The van der Waals surface area contributed by atoms with Crippen LogP contribution >= 0.6 is 0 Å². The van der Waals surface area contributed by atoms with Gasteiger partial charge in [-0.05, 0) is 6.92 Å². The van der Waals surface area contributed by atoms with Crippen molar-refractivity contribution in [2.75, 3.05) is 5.73 Å². The second kappa shape index (κ2) is 3.10. The van der Waals surface area contributed by atoms with E-state index < -0.39 is 0 Å². The number of nitrogens with zero attached hydrogens (tertiary/aromatic N) is 1. The average molecular weight is 186 g/mol. The van der Waals surface area contributed by atoms with Gasteiger partial charge in [0, 0.05) is 22.5 Å². The van der Waals surface area contributed by atoms with Gasteiger partial charge in [-0.1, -0.05) is 18.2 Å². The number of aromatic nitrogens is 1. The fraction of sp³-hybridized carbons (Fsp3) is 0.0909. The van der Waals surface area contributed by atoms with Crippen LogP contribution in [0, 0.1) is 0 Å². The molecule has 0 amide bonds. The molecule has 0 aliphatic heterocycles. The molecule has 2 rings (SSSR count). The number of ketones is 1. The standard InChI is InChI=1S/C11H10N2O/c1-7(14)9-4-2-3-8-5-13-6-10(12)11(8)9/h2-6H,12H2,1H3. The number of benzene rings is 1. The number of rotatable bonds is 1. The molecule has 1 heterocycles. The Bertz CT molecular complexity index is 500. The van der Waals surface area contributed by atoms with Gasteiger partial charge in [-0.3, -0.25) is 9.78 Å². The molecule has 2 aromatic rings. The summed E-state index contributed by atoms with van der Waals surface area (Å²) in [6, 6.07) is 5.51. The van der Waals surface area contributed by atoms with Crippen LogP contribution in [0.5, 0.6) is 0 Å². The molecular formula is C11H10N2O. The number of anilines is 1. The molecule has 70 valence electrons. The lowest BCUT2D eigenvalue weighted by Crippen LogP contribution is -1.97. The molecule has 14 heavy (non-hydrogen) atoms. The Balaban J connectivity index is 2.91. The first-order valence-corrected chi connectivity index (χ1v) is 4.33. The molecule has 1 aromatic carbocycles. The molecule has 3 heteroatoms. The highest BCUT2D eigenvalue weighted by atomic mass is 16.1. The number of hydrogen-bond acceptors (Lipinski definition) is 3. The predicted molar refractivity (Wildman–Crippen MR) is 56.2 cm³/mol. The smallest absolute Gasteiger partial charge is 0.160 e. The molecule has 0 aliphatic rings. The van der Waals surface area contributed by atoms with Crippen molar-refractivity contribution in [2.24, 2.45) is 0 Å². The minimum Gasteiger partial charge on any atom is -0.397 e. The highest BCUT2D eigenvalue weighted by Crippen LogP contribution is 2.23. The predicted octanol–water partition coefficient (Wildman–Crippen LogP) is 2.02. The third-order valence-electron chi connectivity index (χ3n) is 2.19. The second-order valence-electron chi connectivity index (χ2n) is 3.19. The number of carbonyl (C=O) groups is 1. The third-order valence-corrected chi connectivity index (χ3v) is 2.19. The lowest BCUT2D eigenvalue weighted by atomic mass is 10.0. The van der Waals surface area contributed by atoms with Gasteiger partial charge in [-0.25, -0.2) is 0 Å². The van der Waals surface area contributed by atoms with Gasteiger partial charge in [0.25, 0.3) is 0 Å². The van der Waals surface area contributed by atoms with Crippen molar-refractivity contribution in [3.63, 3.8) is 0 Å². The van der Waals surface area contributed by atoms with Gasteiger partial charge < -0.3 is 5.73 Å². The van der Waals surface area contributed by atoms with Crippen molar-refractivity contribution in [1.82, 2.24) is 4.98 Å². The second-order valence-corrected chi connectivity index (χ2v) is 3.19. The van der Waals surface area contributed by atoms with Crippen LogP contribution in [-0.4, -0.2) is 10.8 Å². The topological polar surface area (TPSA) is 56.0 Å². The third kappa shape index (κ3) is 1.23. The van der Waals surface area contributed by atoms with Crippen molar-refractivity contribution in [3.05, 3.63) is 36.2 Å². The Morgan fingerprint density at radius 2 is 2.14 bits per heavy atom. The average Bonchev–Trinajstić information content (AvgIpc) is 2.17. The Labute approximate surface area is 81.6 Å². The quantitative estimate of drug-likeness (QED) is 0.693. The summed E-state index contributed by atoms with van der Waals surface area (Å²) in [5, 5.41) is 1.70. The number of pyridine rings is 1. The van der Waals surface area contributed by atoms with Crippen LogP contribution in [0.15, 0.2) is 30.6 Å². The summed E-state index contributed by atoms with van der Waals surface area (Å²) in [5.74, 6) is 0.0218. The Morgan fingerprint density at radius 3 is 2.86 bits per heavy atom. The van der Waals surface area contributed by atoms with E-state index >= 15 is 0 Å². The van der Waals surface area contributed by atoms with Crippen molar-refractivity contribution in [3.8, 4) is 0 Å². The van der Waals surface area contributed by atoms with Crippen LogP contribution in [-0.2, 0) is 0 Å². The van der Waals surface area contributed by atoms with Gasteiger partial charge in [-0.15, -0.1) is 0 Å². The van der Waals surface area contributed by atoms with E-state index in [9.17, 15) is 4.79 Å². The summed E-state index contributed by atoms with van der Waals surface area (Å²) < 4.78 is 0. The van der Waals surface area contributed by atoms with Gasteiger partial charge in [0.15, 0.2) is 5.78 Å². The highest BCUT2D eigenvalue weighted by molar-refractivity contribution is 6.10. The summed E-state index contributed by atoms with van der Waals surface area (Å²) >= 11 is 0. The van der Waals surface area contributed by atoms with E-state index in [-0.39, 0.29) is 5.78 Å². The molecule has 0 saturated heterocycles. The lowest BCUT2D eigenvalue weighted by Gasteiger charge is -2.04. The molecule has 0 radical (unpaired) electrons. The molecule has 0 atom stereocenters. The Morgan fingerprint density at radius 1 is 1.36 bits per heavy atom. The number of fused-ring (bicyclic) bond motifs is 1. The molecule has 0 fully saturated rings. The van der Waals surface area contributed by atoms with E-state index in [1.807, 2.05) is 12.1 Å². The maximum atomic E-state index is 11.3. The van der Waals surface area contributed by atoms with Gasteiger partial charge in [0.1, 0.15) is 0 Å². The first kappa shape index (κ1) is 8.69. The van der Waals surface area contributed by atoms with Crippen LogP contribution in [0.1, 0.15) is 17.3 Å². The molecule has 2 N–H and O–H groups in total. The van der Waals surface area contributed by atoms with Crippen LogP contribution < -0.4 is 5.73 Å². The molecule has 0 spiro atoms. The molecule has 0 aliphatic carbocycles. The van der Waals surface area contributed by atoms with E-state index in [2.05, 4.69) is 4.98 Å². The van der Waals surface area contributed by atoms with E-state index in [1.54, 1.807) is 18.5 Å². The van der Waals surface area contributed by atoms with E-state index in [1.165, 1.54) is 6.92 Å². The summed E-state index contributed by atoms with van der Waals surface area (Å²) in [4.78, 5) is 15.3. The minimum absolute atomic E-state index is 0.0218. The SMILES string of the molecule is CC(=O)c1cccc2cncc(N)c12. The van der Waals surface area contributed by atoms with Crippen molar-refractivity contribution >= 4 is 22.2 Å². The Hall–Kier alpha value is -1.90. The van der Waals surface area contributed by atoms with Gasteiger partial charge >= 0.3 is 0 Å². The zero-order chi connectivity index (χ0) is 10.1. The summed E-state index contributed by atoms with van der Waals surface area (Å²) in [5.41, 5.74) is 6.98. The molecule has 3 nitrogen and oxygen atoms in total. The molecule has 0 bridgehead atoms. The number of Topliss-reactive ketones (excluding diaryl/α,β-unsaturated/α-hetero) is 1. The molecule has 0 unspecified atom stereocenters. The number of nitrogens with two attached hydrogens (primary N) is 1. The maximum absolute atomic E-state index is 11.3. The van der Waals surface area contributed by atoms with Gasteiger partial charge in [0.05, 0.1) is 11.9 Å². The van der Waals surface area contributed by atoms with Crippen molar-refractivity contribution < 1.29 is 4.79 Å². The summed E-state index contributed by atoms with van der Waals surface area (Å²) in [7, 11) is 0. The largest absolute Gasteiger partial charge is 0.397 e.